The average molecular weight is 265 g/mol. The van der Waals surface area contributed by atoms with E-state index in [1.54, 1.807) is 0 Å². The third-order valence-corrected chi connectivity index (χ3v) is 5.03. The van der Waals surface area contributed by atoms with Crippen molar-refractivity contribution in [3.8, 4) is 0 Å². The standard InChI is InChI=1S/C14H23N3O2/c15-14(5-1-6-14)8-13(19)17-7-4-11-10(9-17)2-3-12(18)16-11/h10-11H,1-9,15H2,(H,16,18). The van der Waals surface area contributed by atoms with E-state index in [0.717, 1.165) is 45.2 Å². The van der Waals surface area contributed by atoms with Crippen LogP contribution in [-0.4, -0.2) is 41.4 Å². The first kappa shape index (κ1) is 12.9. The first-order valence-electron chi connectivity index (χ1n) is 7.42. The maximum absolute atomic E-state index is 12.3. The Morgan fingerprint density at radius 1 is 1.42 bits per heavy atom. The molecule has 2 amide bonds. The molecule has 0 aromatic heterocycles. The number of nitrogens with one attached hydrogen (secondary N) is 1. The molecule has 106 valence electrons. The van der Waals surface area contributed by atoms with Crippen LogP contribution < -0.4 is 11.1 Å². The lowest BCUT2D eigenvalue weighted by Crippen LogP contribution is -2.57. The minimum Gasteiger partial charge on any atom is -0.353 e. The molecule has 5 nitrogen and oxygen atoms in total. The minimum absolute atomic E-state index is 0.163. The fourth-order valence-corrected chi connectivity index (χ4v) is 3.56. The van der Waals surface area contributed by atoms with E-state index in [1.807, 2.05) is 4.90 Å². The van der Waals surface area contributed by atoms with Gasteiger partial charge < -0.3 is 16.0 Å². The van der Waals surface area contributed by atoms with Crippen molar-refractivity contribution >= 4 is 11.8 Å². The molecular formula is C14H23N3O2. The maximum atomic E-state index is 12.3. The highest BCUT2D eigenvalue weighted by Gasteiger charge is 2.39. The number of piperidine rings is 2. The van der Waals surface area contributed by atoms with E-state index < -0.39 is 0 Å². The summed E-state index contributed by atoms with van der Waals surface area (Å²) in [6.45, 7) is 1.55. The Balaban J connectivity index is 1.55. The summed E-state index contributed by atoms with van der Waals surface area (Å²) in [5, 5.41) is 3.05. The van der Waals surface area contributed by atoms with Crippen molar-refractivity contribution in [2.75, 3.05) is 13.1 Å². The fraction of sp³-hybridized carbons (Fsp3) is 0.857. The lowest BCUT2D eigenvalue weighted by atomic mass is 9.75. The third-order valence-electron chi connectivity index (χ3n) is 5.03. The van der Waals surface area contributed by atoms with Gasteiger partial charge in [0.15, 0.2) is 0 Å². The largest absolute Gasteiger partial charge is 0.353 e. The molecule has 2 unspecified atom stereocenters. The number of amides is 2. The molecule has 1 saturated carbocycles. The van der Waals surface area contributed by atoms with Gasteiger partial charge in [0, 0.05) is 37.5 Å². The van der Waals surface area contributed by atoms with Crippen molar-refractivity contribution in [2.24, 2.45) is 11.7 Å². The van der Waals surface area contributed by atoms with Crippen LogP contribution in [0.2, 0.25) is 0 Å². The molecule has 0 aromatic carbocycles. The van der Waals surface area contributed by atoms with Gasteiger partial charge in [-0.3, -0.25) is 9.59 Å². The Kier molecular flexibility index (Phi) is 3.25. The molecule has 3 fully saturated rings. The first-order chi connectivity index (χ1) is 9.06. The van der Waals surface area contributed by atoms with Crippen LogP contribution >= 0.6 is 0 Å². The number of hydrogen-bond donors (Lipinski definition) is 2. The highest BCUT2D eigenvalue weighted by molar-refractivity contribution is 5.79. The molecular weight excluding hydrogens is 242 g/mol. The zero-order valence-corrected chi connectivity index (χ0v) is 11.4. The van der Waals surface area contributed by atoms with Gasteiger partial charge in [-0.1, -0.05) is 0 Å². The number of nitrogens with zero attached hydrogens (tertiary/aromatic N) is 1. The smallest absolute Gasteiger partial charge is 0.224 e. The molecule has 2 atom stereocenters. The van der Waals surface area contributed by atoms with Crippen LogP contribution in [0.25, 0.3) is 0 Å². The molecule has 0 aromatic rings. The molecule has 2 aliphatic heterocycles. The van der Waals surface area contributed by atoms with E-state index in [4.69, 9.17) is 5.73 Å². The maximum Gasteiger partial charge on any atom is 0.224 e. The predicted molar refractivity (Wildman–Crippen MR) is 71.2 cm³/mol. The summed E-state index contributed by atoms with van der Waals surface area (Å²) in [5.74, 6) is 0.805. The van der Waals surface area contributed by atoms with E-state index in [-0.39, 0.29) is 23.4 Å². The molecule has 3 rings (SSSR count). The van der Waals surface area contributed by atoms with Crippen molar-refractivity contribution in [3.63, 3.8) is 0 Å². The number of nitrogens with two attached hydrogens (primary N) is 1. The van der Waals surface area contributed by atoms with Crippen LogP contribution in [-0.2, 0) is 9.59 Å². The molecule has 1 aliphatic carbocycles. The Hall–Kier alpha value is -1.10. The van der Waals surface area contributed by atoms with Gasteiger partial charge >= 0.3 is 0 Å². The van der Waals surface area contributed by atoms with E-state index in [2.05, 4.69) is 5.32 Å². The Morgan fingerprint density at radius 3 is 2.89 bits per heavy atom. The van der Waals surface area contributed by atoms with E-state index >= 15 is 0 Å². The molecule has 2 saturated heterocycles. The van der Waals surface area contributed by atoms with E-state index in [9.17, 15) is 9.59 Å². The summed E-state index contributed by atoms with van der Waals surface area (Å²) in [6, 6.07) is 0.279. The molecule has 0 spiro atoms. The monoisotopic (exact) mass is 265 g/mol. The van der Waals surface area contributed by atoms with Crippen molar-refractivity contribution in [3.05, 3.63) is 0 Å². The summed E-state index contributed by atoms with van der Waals surface area (Å²) < 4.78 is 0. The van der Waals surface area contributed by atoms with Crippen LogP contribution in [0.3, 0.4) is 0 Å². The van der Waals surface area contributed by atoms with Crippen LogP contribution in [0.15, 0.2) is 0 Å². The fourth-order valence-electron chi connectivity index (χ4n) is 3.56. The van der Waals surface area contributed by atoms with Crippen LogP contribution in [0.1, 0.15) is 44.9 Å². The van der Waals surface area contributed by atoms with Crippen molar-refractivity contribution < 1.29 is 9.59 Å². The van der Waals surface area contributed by atoms with E-state index in [1.165, 1.54) is 0 Å². The lowest BCUT2D eigenvalue weighted by Gasteiger charge is -2.43. The zero-order valence-electron chi connectivity index (χ0n) is 11.4. The van der Waals surface area contributed by atoms with Gasteiger partial charge in [0.25, 0.3) is 0 Å². The summed E-state index contributed by atoms with van der Waals surface area (Å²) >= 11 is 0. The van der Waals surface area contributed by atoms with Gasteiger partial charge in [0.2, 0.25) is 11.8 Å². The third kappa shape index (κ3) is 2.61. The number of likely N-dealkylation sites (tertiary alicyclic amines) is 1. The summed E-state index contributed by atoms with van der Waals surface area (Å²) in [4.78, 5) is 25.6. The molecule has 19 heavy (non-hydrogen) atoms. The molecule has 0 radical (unpaired) electrons. The number of hydrogen-bond acceptors (Lipinski definition) is 3. The average Bonchev–Trinajstić information content (AvgIpc) is 2.36. The Labute approximate surface area is 113 Å². The summed E-state index contributed by atoms with van der Waals surface area (Å²) in [6.07, 6.45) is 6.01. The van der Waals surface area contributed by atoms with Crippen LogP contribution in [0.5, 0.6) is 0 Å². The van der Waals surface area contributed by atoms with Crippen molar-refractivity contribution in [2.45, 2.75) is 56.5 Å². The highest BCUT2D eigenvalue weighted by atomic mass is 16.2. The normalized spacial score (nSPS) is 33.1. The number of rotatable bonds is 2. The number of carbonyl (C=O) groups is 2. The summed E-state index contributed by atoms with van der Waals surface area (Å²) in [7, 11) is 0. The minimum atomic E-state index is -0.227. The van der Waals surface area contributed by atoms with Crippen LogP contribution in [0.4, 0.5) is 0 Å². The molecule has 2 heterocycles. The quantitative estimate of drug-likeness (QED) is 0.758. The van der Waals surface area contributed by atoms with Crippen LogP contribution in [0, 0.1) is 5.92 Å². The number of carbonyl (C=O) groups excluding carboxylic acids is 2. The molecule has 5 heteroatoms. The second-order valence-corrected chi connectivity index (χ2v) is 6.49. The van der Waals surface area contributed by atoms with Crippen molar-refractivity contribution in [1.29, 1.82) is 0 Å². The van der Waals surface area contributed by atoms with Crippen molar-refractivity contribution in [1.82, 2.24) is 10.2 Å². The highest BCUT2D eigenvalue weighted by Crippen LogP contribution is 2.33. The first-order valence-corrected chi connectivity index (χ1v) is 7.42. The Morgan fingerprint density at radius 2 is 2.21 bits per heavy atom. The van der Waals surface area contributed by atoms with Gasteiger partial charge in [0.1, 0.15) is 0 Å². The van der Waals surface area contributed by atoms with Gasteiger partial charge in [-0.05, 0) is 38.0 Å². The predicted octanol–water partition coefficient (Wildman–Crippen LogP) is 0.385. The summed E-state index contributed by atoms with van der Waals surface area (Å²) in [5.41, 5.74) is 5.93. The Bertz CT molecular complexity index is 392. The van der Waals surface area contributed by atoms with Gasteiger partial charge in [-0.25, -0.2) is 0 Å². The van der Waals surface area contributed by atoms with Gasteiger partial charge in [-0.15, -0.1) is 0 Å². The van der Waals surface area contributed by atoms with E-state index in [0.29, 0.717) is 18.8 Å². The van der Waals surface area contributed by atoms with Gasteiger partial charge in [-0.2, -0.15) is 0 Å². The second-order valence-electron chi connectivity index (χ2n) is 6.49. The molecule has 0 bridgehead atoms. The lowest BCUT2D eigenvalue weighted by molar-refractivity contribution is -0.136. The number of fused-ring (bicyclic) bond motifs is 1. The SMILES string of the molecule is NC1(CC(=O)N2CCC3NC(=O)CCC3C2)CCC1. The van der Waals surface area contributed by atoms with Gasteiger partial charge in [0.05, 0.1) is 0 Å². The zero-order chi connectivity index (χ0) is 13.5. The molecule has 3 N–H and O–H groups in total. The second kappa shape index (κ2) is 4.78. The topological polar surface area (TPSA) is 75.4 Å². The molecule has 3 aliphatic rings.